The van der Waals surface area contributed by atoms with Crippen LogP contribution in [0.1, 0.15) is 55.5 Å². The molecule has 0 N–H and O–H groups in total. The molecule has 0 atom stereocenters. The van der Waals surface area contributed by atoms with Crippen LogP contribution in [-0.4, -0.2) is 12.6 Å². The number of rotatable bonds is 4. The molecule has 4 saturated carbocycles. The van der Waals surface area contributed by atoms with E-state index in [4.69, 9.17) is 9.15 Å². The summed E-state index contributed by atoms with van der Waals surface area (Å²) in [6.45, 7) is 0.547. The van der Waals surface area contributed by atoms with E-state index in [2.05, 4.69) is 0 Å². The minimum Gasteiger partial charge on any atom is -0.460 e. The van der Waals surface area contributed by atoms with Crippen molar-refractivity contribution in [3.63, 3.8) is 0 Å². The molecule has 3 nitrogen and oxygen atoms in total. The lowest BCUT2D eigenvalue weighted by atomic mass is 9.49. The van der Waals surface area contributed by atoms with E-state index in [1.165, 1.54) is 44.8 Å². The molecule has 108 valence electrons. The maximum atomic E-state index is 11.8. The minimum absolute atomic E-state index is 0.315. The monoisotopic (exact) mass is 274 g/mol. The summed E-state index contributed by atoms with van der Waals surface area (Å²) in [5, 5.41) is 0. The fraction of sp³-hybridized carbons (Fsp3) is 0.706. The maximum absolute atomic E-state index is 11.8. The van der Waals surface area contributed by atoms with Gasteiger partial charge in [0.2, 0.25) is 5.76 Å². The number of esters is 1. The van der Waals surface area contributed by atoms with Gasteiger partial charge in [0.15, 0.2) is 0 Å². The summed E-state index contributed by atoms with van der Waals surface area (Å²) in [5.74, 6) is 2.88. The van der Waals surface area contributed by atoms with Crippen molar-refractivity contribution in [3.8, 4) is 0 Å². The highest BCUT2D eigenvalue weighted by atomic mass is 16.5. The van der Waals surface area contributed by atoms with Crippen LogP contribution in [0.5, 0.6) is 0 Å². The topological polar surface area (TPSA) is 39.4 Å². The van der Waals surface area contributed by atoms with Crippen molar-refractivity contribution in [1.29, 1.82) is 0 Å². The Kier molecular flexibility index (Phi) is 2.90. The van der Waals surface area contributed by atoms with Gasteiger partial charge in [-0.3, -0.25) is 0 Å². The molecule has 0 spiro atoms. The molecule has 1 aromatic heterocycles. The third kappa shape index (κ3) is 2.17. The number of hydrogen-bond acceptors (Lipinski definition) is 3. The van der Waals surface area contributed by atoms with Crippen molar-refractivity contribution in [3.05, 3.63) is 24.2 Å². The second-order valence-electron chi connectivity index (χ2n) is 7.28. The highest BCUT2D eigenvalue weighted by molar-refractivity contribution is 5.86. The first-order valence-corrected chi connectivity index (χ1v) is 7.93. The molecule has 0 unspecified atom stereocenters. The smallest absolute Gasteiger partial charge is 0.374 e. The first-order chi connectivity index (χ1) is 9.72. The van der Waals surface area contributed by atoms with Crippen LogP contribution in [0.3, 0.4) is 0 Å². The van der Waals surface area contributed by atoms with Crippen molar-refractivity contribution in [2.45, 2.75) is 44.9 Å². The van der Waals surface area contributed by atoms with Crippen LogP contribution >= 0.6 is 0 Å². The first kappa shape index (κ1) is 12.5. The zero-order valence-corrected chi connectivity index (χ0v) is 11.8. The quantitative estimate of drug-likeness (QED) is 0.778. The van der Waals surface area contributed by atoms with Gasteiger partial charge in [0.1, 0.15) is 0 Å². The van der Waals surface area contributed by atoms with Crippen LogP contribution in [0.25, 0.3) is 0 Å². The Bertz CT molecular complexity index is 453. The Morgan fingerprint density at radius 2 is 1.85 bits per heavy atom. The molecular formula is C17H22O3. The molecular weight excluding hydrogens is 252 g/mol. The molecule has 0 radical (unpaired) electrons. The summed E-state index contributed by atoms with van der Waals surface area (Å²) in [7, 11) is 0. The first-order valence-electron chi connectivity index (χ1n) is 7.93. The molecule has 3 heteroatoms. The molecule has 5 rings (SSSR count). The van der Waals surface area contributed by atoms with E-state index < -0.39 is 0 Å². The molecule has 4 aliphatic rings. The zero-order valence-electron chi connectivity index (χ0n) is 11.8. The van der Waals surface area contributed by atoms with Gasteiger partial charge < -0.3 is 9.15 Å². The highest BCUT2D eigenvalue weighted by Gasteiger charge is 2.50. The van der Waals surface area contributed by atoms with Gasteiger partial charge >= 0.3 is 5.97 Å². The van der Waals surface area contributed by atoms with Gasteiger partial charge in [-0.25, -0.2) is 4.79 Å². The minimum atomic E-state index is -0.320. The molecule has 4 fully saturated rings. The Morgan fingerprint density at radius 1 is 1.20 bits per heavy atom. The van der Waals surface area contributed by atoms with Crippen molar-refractivity contribution in [2.24, 2.45) is 23.2 Å². The molecule has 0 aromatic carbocycles. The lowest BCUT2D eigenvalue weighted by Crippen LogP contribution is -2.46. The molecule has 20 heavy (non-hydrogen) atoms. The summed E-state index contributed by atoms with van der Waals surface area (Å²) in [6, 6.07) is 3.38. The SMILES string of the molecule is O=C(OCCC12CC3CC(CC(C3)C1)C2)c1ccco1. The summed E-state index contributed by atoms with van der Waals surface area (Å²) >= 11 is 0. The van der Waals surface area contributed by atoms with Crippen LogP contribution < -0.4 is 0 Å². The van der Waals surface area contributed by atoms with Crippen molar-refractivity contribution in [2.75, 3.05) is 6.61 Å². The van der Waals surface area contributed by atoms with Crippen molar-refractivity contribution < 1.29 is 13.9 Å². The van der Waals surface area contributed by atoms with Crippen molar-refractivity contribution in [1.82, 2.24) is 0 Å². The fourth-order valence-corrected chi connectivity index (χ4v) is 5.42. The molecule has 1 aromatic rings. The van der Waals surface area contributed by atoms with E-state index in [0.29, 0.717) is 17.8 Å². The number of ether oxygens (including phenoxy) is 1. The lowest BCUT2D eigenvalue weighted by Gasteiger charge is -2.57. The van der Waals surface area contributed by atoms with Crippen LogP contribution in [0.15, 0.2) is 22.8 Å². The van der Waals surface area contributed by atoms with Gasteiger partial charge in [-0.15, -0.1) is 0 Å². The van der Waals surface area contributed by atoms with E-state index in [0.717, 1.165) is 24.2 Å². The number of furan rings is 1. The molecule has 4 aliphatic carbocycles. The Hall–Kier alpha value is -1.25. The van der Waals surface area contributed by atoms with E-state index in [1.54, 1.807) is 12.1 Å². The molecule has 0 saturated heterocycles. The summed E-state index contributed by atoms with van der Waals surface area (Å²) in [5.41, 5.74) is 0.484. The van der Waals surface area contributed by atoms with Gasteiger partial charge in [0.25, 0.3) is 0 Å². The predicted molar refractivity (Wildman–Crippen MR) is 74.2 cm³/mol. The van der Waals surface area contributed by atoms with Crippen LogP contribution in [0, 0.1) is 23.2 Å². The highest BCUT2D eigenvalue weighted by Crippen LogP contribution is 2.61. The van der Waals surface area contributed by atoms with Gasteiger partial charge in [-0.05, 0) is 80.2 Å². The van der Waals surface area contributed by atoms with Gasteiger partial charge in [0, 0.05) is 0 Å². The summed E-state index contributed by atoms with van der Waals surface area (Å²) in [6.07, 6.45) is 11.1. The van der Waals surface area contributed by atoms with E-state index in [1.807, 2.05) is 0 Å². The largest absolute Gasteiger partial charge is 0.460 e. The Labute approximate surface area is 119 Å². The lowest BCUT2D eigenvalue weighted by molar-refractivity contribution is -0.0655. The van der Waals surface area contributed by atoms with Gasteiger partial charge in [0.05, 0.1) is 12.9 Å². The second kappa shape index (κ2) is 4.64. The average molecular weight is 274 g/mol. The molecule has 0 amide bonds. The predicted octanol–water partition coefficient (Wildman–Crippen LogP) is 4.04. The Morgan fingerprint density at radius 3 is 2.40 bits per heavy atom. The van der Waals surface area contributed by atoms with E-state index in [9.17, 15) is 4.79 Å². The van der Waals surface area contributed by atoms with Crippen LogP contribution in [0.2, 0.25) is 0 Å². The number of hydrogen-bond donors (Lipinski definition) is 0. The van der Waals surface area contributed by atoms with Crippen LogP contribution in [-0.2, 0) is 4.74 Å². The Balaban J connectivity index is 1.34. The number of carbonyl (C=O) groups excluding carboxylic acids is 1. The average Bonchev–Trinajstić information content (AvgIpc) is 2.90. The fourth-order valence-electron chi connectivity index (χ4n) is 5.42. The second-order valence-corrected chi connectivity index (χ2v) is 7.28. The summed E-state index contributed by atoms with van der Waals surface area (Å²) in [4.78, 5) is 11.8. The number of carbonyl (C=O) groups is 1. The zero-order chi connectivity index (χ0) is 13.6. The maximum Gasteiger partial charge on any atom is 0.374 e. The van der Waals surface area contributed by atoms with Gasteiger partial charge in [-0.1, -0.05) is 0 Å². The normalized spacial score (nSPS) is 38.1. The van der Waals surface area contributed by atoms with Crippen molar-refractivity contribution >= 4 is 5.97 Å². The molecule has 0 aliphatic heterocycles. The van der Waals surface area contributed by atoms with E-state index in [-0.39, 0.29) is 5.97 Å². The molecule has 1 heterocycles. The van der Waals surface area contributed by atoms with Crippen LogP contribution in [0.4, 0.5) is 0 Å². The van der Waals surface area contributed by atoms with Gasteiger partial charge in [-0.2, -0.15) is 0 Å². The third-order valence-electron chi connectivity index (χ3n) is 5.75. The standard InChI is InChI=1S/C17H22O3/c18-16(15-2-1-4-19-15)20-5-3-17-9-12-6-13(10-17)8-14(7-12)11-17/h1-2,4,12-14H,3,5-11H2. The molecule has 4 bridgehead atoms. The van der Waals surface area contributed by atoms with E-state index >= 15 is 0 Å². The summed E-state index contributed by atoms with van der Waals surface area (Å²) < 4.78 is 10.5. The third-order valence-corrected chi connectivity index (χ3v) is 5.75.